The van der Waals surface area contributed by atoms with Crippen molar-refractivity contribution in [3.63, 3.8) is 0 Å². The lowest BCUT2D eigenvalue weighted by molar-refractivity contribution is -0.122. The first-order chi connectivity index (χ1) is 19.0. The first kappa shape index (κ1) is 27.8. The van der Waals surface area contributed by atoms with E-state index in [4.69, 9.17) is 4.99 Å². The Bertz CT molecular complexity index is 1560. The fourth-order valence-electron chi connectivity index (χ4n) is 4.87. The number of piperazine rings is 1. The lowest BCUT2D eigenvalue weighted by atomic mass is 10.0. The predicted molar refractivity (Wildman–Crippen MR) is 154 cm³/mol. The zero-order valence-electron chi connectivity index (χ0n) is 23.6. The number of pyridine rings is 1. The minimum Gasteiger partial charge on any atom is -0.333 e. The zero-order chi connectivity index (χ0) is 28.8. The van der Waals surface area contributed by atoms with Crippen LogP contribution in [-0.2, 0) is 21.2 Å². The second-order valence-electron chi connectivity index (χ2n) is 11.1. The molecule has 1 saturated heterocycles. The molecule has 1 N–H and O–H groups in total. The first-order valence-electron chi connectivity index (χ1n) is 13.5. The highest BCUT2D eigenvalue weighted by Crippen LogP contribution is 2.43. The number of hydrogen-bond donors (Lipinski definition) is 1. The molecule has 1 aliphatic heterocycles. The molecule has 0 spiro atoms. The van der Waals surface area contributed by atoms with Gasteiger partial charge in [-0.3, -0.25) is 19.7 Å². The number of amides is 1. The number of carbonyl (C=O) groups is 1. The number of aryl methyl sites for hydroxylation is 1. The summed E-state index contributed by atoms with van der Waals surface area (Å²) in [6, 6.07) is 3.03. The van der Waals surface area contributed by atoms with Gasteiger partial charge >= 0.3 is 0 Å². The van der Waals surface area contributed by atoms with Crippen LogP contribution >= 0.6 is 0 Å². The van der Waals surface area contributed by atoms with Gasteiger partial charge < -0.3 is 5.32 Å². The lowest BCUT2D eigenvalue weighted by Crippen LogP contribution is -2.58. The van der Waals surface area contributed by atoms with E-state index < -0.39 is 9.84 Å². The highest BCUT2D eigenvalue weighted by molar-refractivity contribution is 7.90. The van der Waals surface area contributed by atoms with Crippen molar-refractivity contribution in [3.05, 3.63) is 65.2 Å². The van der Waals surface area contributed by atoms with Crippen LogP contribution < -0.4 is 5.32 Å². The average Bonchev–Trinajstić information content (AvgIpc) is 3.81. The van der Waals surface area contributed by atoms with Crippen molar-refractivity contribution in [2.24, 2.45) is 15.9 Å². The molecule has 11 heteroatoms. The molecule has 0 bridgehead atoms. The SMILES string of the molecule is C=C(N=C1C(=C(C)C)NC(=NCc2ccc(S(C)(=O)=O)cn2)C(=O)N1[C@@H](C)C1CC1)c1c(C)ncnc1C1CC1. The largest absolute Gasteiger partial charge is 0.333 e. The van der Waals surface area contributed by atoms with E-state index in [0.29, 0.717) is 34.8 Å². The molecule has 2 saturated carbocycles. The van der Waals surface area contributed by atoms with E-state index in [1.807, 2.05) is 20.8 Å². The van der Waals surface area contributed by atoms with Crippen LogP contribution in [0.4, 0.5) is 0 Å². The van der Waals surface area contributed by atoms with Gasteiger partial charge in [-0.2, -0.15) is 0 Å². The Kier molecular flexibility index (Phi) is 7.43. The number of nitrogens with zero attached hydrogens (tertiary/aromatic N) is 6. The van der Waals surface area contributed by atoms with Crippen LogP contribution in [0, 0.1) is 12.8 Å². The van der Waals surface area contributed by atoms with Crippen LogP contribution in [0.15, 0.2) is 57.4 Å². The van der Waals surface area contributed by atoms with E-state index in [-0.39, 0.29) is 29.2 Å². The number of carbonyl (C=O) groups excluding carboxylic acids is 1. The minimum absolute atomic E-state index is 0.0797. The van der Waals surface area contributed by atoms with Crippen LogP contribution in [0.25, 0.3) is 5.70 Å². The summed E-state index contributed by atoms with van der Waals surface area (Å²) in [7, 11) is -3.35. The molecule has 40 heavy (non-hydrogen) atoms. The number of aromatic nitrogens is 3. The number of amidine groups is 2. The third-order valence-corrected chi connectivity index (χ3v) is 8.61. The van der Waals surface area contributed by atoms with Crippen LogP contribution in [0.5, 0.6) is 0 Å². The maximum atomic E-state index is 13.9. The topological polar surface area (TPSA) is 130 Å². The van der Waals surface area contributed by atoms with Crippen molar-refractivity contribution in [3.8, 4) is 0 Å². The molecular formula is C29H35N7O3S. The lowest BCUT2D eigenvalue weighted by Gasteiger charge is -2.37. The molecule has 2 aromatic rings. The molecule has 3 aliphatic rings. The molecule has 1 atom stereocenters. The standard InChI is InChI=1S/C29H35N7O3S/c1-16(2)25-28(34-18(4)24-17(3)32-15-33-26(24)21-9-10-21)36(19(5)20-7-8-20)29(37)27(35-25)31-13-22-11-12-23(14-30-22)40(6,38)39/h11-12,14-15,19-21H,4,7-10,13H2,1-3,5-6H3,(H,31,35)/t19-/m0/s1. The maximum absolute atomic E-state index is 13.9. The van der Waals surface area contributed by atoms with Crippen LogP contribution in [0.1, 0.15) is 75.0 Å². The molecule has 0 radical (unpaired) electrons. The van der Waals surface area contributed by atoms with E-state index in [9.17, 15) is 13.2 Å². The third-order valence-electron chi connectivity index (χ3n) is 7.51. The molecule has 1 amide bonds. The second-order valence-corrected chi connectivity index (χ2v) is 13.1. The monoisotopic (exact) mass is 561 g/mol. The summed E-state index contributed by atoms with van der Waals surface area (Å²) in [5.41, 5.74) is 5.36. The number of allylic oxidation sites excluding steroid dienone is 1. The zero-order valence-corrected chi connectivity index (χ0v) is 24.4. The highest BCUT2D eigenvalue weighted by atomic mass is 32.2. The molecule has 0 aromatic carbocycles. The van der Waals surface area contributed by atoms with E-state index in [1.165, 1.54) is 12.3 Å². The van der Waals surface area contributed by atoms with Crippen LogP contribution in [0.3, 0.4) is 0 Å². The van der Waals surface area contributed by atoms with Crippen molar-refractivity contribution in [2.75, 3.05) is 6.26 Å². The Labute approximate surface area is 235 Å². The summed E-state index contributed by atoms with van der Waals surface area (Å²) in [4.78, 5) is 38.6. The van der Waals surface area contributed by atoms with Gasteiger partial charge in [-0.15, -0.1) is 0 Å². The first-order valence-corrected chi connectivity index (χ1v) is 15.4. The van der Waals surface area contributed by atoms with Gasteiger partial charge in [0.05, 0.1) is 39.9 Å². The Morgan fingerprint density at radius 2 is 1.90 bits per heavy atom. The van der Waals surface area contributed by atoms with Crippen LogP contribution in [-0.4, -0.2) is 58.1 Å². The normalized spacial score (nSPS) is 20.6. The second kappa shape index (κ2) is 10.7. The molecule has 2 aliphatic carbocycles. The molecular weight excluding hydrogens is 526 g/mol. The smallest absolute Gasteiger partial charge is 0.295 e. The van der Waals surface area contributed by atoms with Gasteiger partial charge in [0.25, 0.3) is 5.91 Å². The predicted octanol–water partition coefficient (Wildman–Crippen LogP) is 3.95. The van der Waals surface area contributed by atoms with Crippen molar-refractivity contribution in [2.45, 2.75) is 76.8 Å². The summed E-state index contributed by atoms with van der Waals surface area (Å²) < 4.78 is 23.5. The van der Waals surface area contributed by atoms with Gasteiger partial charge in [-0.25, -0.2) is 23.4 Å². The summed E-state index contributed by atoms with van der Waals surface area (Å²) >= 11 is 0. The number of rotatable bonds is 8. The van der Waals surface area contributed by atoms with Crippen molar-refractivity contribution in [1.29, 1.82) is 0 Å². The molecule has 2 aromatic heterocycles. The summed E-state index contributed by atoms with van der Waals surface area (Å²) in [6.07, 6.45) is 8.32. The Hall–Kier alpha value is -3.73. The van der Waals surface area contributed by atoms with Gasteiger partial charge in [0.15, 0.2) is 21.5 Å². The summed E-state index contributed by atoms with van der Waals surface area (Å²) in [6.45, 7) is 12.3. The highest BCUT2D eigenvalue weighted by Gasteiger charge is 2.42. The summed E-state index contributed by atoms with van der Waals surface area (Å²) in [5, 5.41) is 3.24. The van der Waals surface area contributed by atoms with Gasteiger partial charge in [0, 0.05) is 30.0 Å². The Balaban J connectivity index is 1.51. The fraction of sp³-hybridized carbons (Fsp3) is 0.448. The quantitative estimate of drug-likeness (QED) is 0.516. The fourth-order valence-corrected chi connectivity index (χ4v) is 5.43. The van der Waals surface area contributed by atoms with E-state index in [0.717, 1.165) is 54.5 Å². The van der Waals surface area contributed by atoms with Gasteiger partial charge in [-0.05, 0) is 77.0 Å². The average molecular weight is 562 g/mol. The van der Waals surface area contributed by atoms with Crippen molar-refractivity contribution < 1.29 is 13.2 Å². The maximum Gasteiger partial charge on any atom is 0.295 e. The Morgan fingerprint density at radius 1 is 1.18 bits per heavy atom. The number of aliphatic imine (C=N–C) groups is 2. The molecule has 3 heterocycles. The molecule has 5 rings (SSSR count). The minimum atomic E-state index is -3.35. The van der Waals surface area contributed by atoms with Gasteiger partial charge in [0.1, 0.15) is 6.33 Å². The molecule has 210 valence electrons. The molecule has 10 nitrogen and oxygen atoms in total. The number of sulfone groups is 1. The van der Waals surface area contributed by atoms with E-state index in [1.54, 1.807) is 17.3 Å². The molecule has 3 fully saturated rings. The number of hydrogen-bond acceptors (Lipinski definition) is 8. The Morgan fingerprint density at radius 3 is 2.48 bits per heavy atom. The van der Waals surface area contributed by atoms with E-state index in [2.05, 4.69) is 38.8 Å². The van der Waals surface area contributed by atoms with Crippen LogP contribution in [0.2, 0.25) is 0 Å². The van der Waals surface area contributed by atoms with Gasteiger partial charge in [-0.1, -0.05) is 6.58 Å². The number of nitrogens with one attached hydrogen (secondary N) is 1. The van der Waals surface area contributed by atoms with E-state index >= 15 is 0 Å². The van der Waals surface area contributed by atoms with Crippen molar-refractivity contribution in [1.82, 2.24) is 25.2 Å². The third kappa shape index (κ3) is 5.74. The summed E-state index contributed by atoms with van der Waals surface area (Å²) in [5.74, 6) is 1.22. The molecule has 0 unspecified atom stereocenters. The van der Waals surface area contributed by atoms with Crippen molar-refractivity contribution >= 4 is 33.1 Å². The van der Waals surface area contributed by atoms with Gasteiger partial charge in [0.2, 0.25) is 0 Å².